The normalized spacial score (nSPS) is 20.1. The molecule has 3 nitrogen and oxygen atoms in total. The zero-order valence-corrected chi connectivity index (χ0v) is 9.87. The standard InChI is InChI=1S/C12H22N2O/c1-12(2,10-13)5-8-14-6-3-11(9-15)4-7-14/h11,15H,3-9H2,1-2H3. The molecule has 1 N–H and O–H groups in total. The summed E-state index contributed by atoms with van der Waals surface area (Å²) in [5.41, 5.74) is -0.201. The maximum absolute atomic E-state index is 9.01. The molecule has 1 rings (SSSR count). The number of rotatable bonds is 4. The molecule has 1 heterocycles. The molecule has 1 saturated heterocycles. The van der Waals surface area contributed by atoms with Crippen molar-refractivity contribution in [2.45, 2.75) is 33.1 Å². The van der Waals surface area contributed by atoms with E-state index in [-0.39, 0.29) is 5.41 Å². The lowest BCUT2D eigenvalue weighted by molar-refractivity contribution is 0.125. The SMILES string of the molecule is CC(C)(C#N)CCN1CCC(CO)CC1. The van der Waals surface area contributed by atoms with Crippen LogP contribution in [0.1, 0.15) is 33.1 Å². The van der Waals surface area contributed by atoms with Crippen LogP contribution in [-0.4, -0.2) is 36.2 Å². The molecule has 0 bridgehead atoms. The van der Waals surface area contributed by atoms with E-state index in [0.29, 0.717) is 12.5 Å². The Labute approximate surface area is 92.7 Å². The van der Waals surface area contributed by atoms with E-state index in [0.717, 1.165) is 38.9 Å². The van der Waals surface area contributed by atoms with Crippen molar-refractivity contribution in [1.29, 1.82) is 5.26 Å². The number of nitrogens with zero attached hydrogens (tertiary/aromatic N) is 2. The first-order valence-electron chi connectivity index (χ1n) is 5.82. The van der Waals surface area contributed by atoms with Gasteiger partial charge in [-0.05, 0) is 58.7 Å². The average molecular weight is 210 g/mol. The van der Waals surface area contributed by atoms with Gasteiger partial charge in [-0.25, -0.2) is 0 Å². The molecule has 0 radical (unpaired) electrons. The minimum atomic E-state index is -0.201. The van der Waals surface area contributed by atoms with E-state index >= 15 is 0 Å². The topological polar surface area (TPSA) is 47.3 Å². The number of likely N-dealkylation sites (tertiary alicyclic amines) is 1. The molecule has 0 unspecified atom stereocenters. The van der Waals surface area contributed by atoms with E-state index in [2.05, 4.69) is 11.0 Å². The van der Waals surface area contributed by atoms with Gasteiger partial charge in [-0.15, -0.1) is 0 Å². The lowest BCUT2D eigenvalue weighted by atomic mass is 9.90. The number of nitriles is 1. The summed E-state index contributed by atoms with van der Waals surface area (Å²) in [7, 11) is 0. The van der Waals surface area contributed by atoms with Gasteiger partial charge in [0.2, 0.25) is 0 Å². The van der Waals surface area contributed by atoms with Crippen LogP contribution in [0.3, 0.4) is 0 Å². The maximum Gasteiger partial charge on any atom is 0.0684 e. The van der Waals surface area contributed by atoms with Gasteiger partial charge in [-0.1, -0.05) is 0 Å². The Kier molecular flexibility index (Phi) is 4.56. The molecule has 0 atom stereocenters. The molecule has 1 aliphatic heterocycles. The van der Waals surface area contributed by atoms with Crippen molar-refractivity contribution in [2.24, 2.45) is 11.3 Å². The van der Waals surface area contributed by atoms with Crippen molar-refractivity contribution < 1.29 is 5.11 Å². The Morgan fingerprint density at radius 1 is 1.40 bits per heavy atom. The van der Waals surface area contributed by atoms with E-state index < -0.39 is 0 Å². The Hall–Kier alpha value is -0.590. The zero-order valence-electron chi connectivity index (χ0n) is 9.87. The molecule has 0 aliphatic carbocycles. The number of hydrogen-bond acceptors (Lipinski definition) is 3. The second-order valence-corrected chi connectivity index (χ2v) is 5.21. The third-order valence-electron chi connectivity index (χ3n) is 3.32. The Morgan fingerprint density at radius 3 is 2.47 bits per heavy atom. The second-order valence-electron chi connectivity index (χ2n) is 5.21. The molecular weight excluding hydrogens is 188 g/mol. The van der Waals surface area contributed by atoms with Crippen molar-refractivity contribution in [2.75, 3.05) is 26.2 Å². The second kappa shape index (κ2) is 5.48. The zero-order chi connectivity index (χ0) is 11.3. The van der Waals surface area contributed by atoms with Gasteiger partial charge in [-0.3, -0.25) is 0 Å². The van der Waals surface area contributed by atoms with Crippen LogP contribution >= 0.6 is 0 Å². The molecule has 1 aliphatic rings. The van der Waals surface area contributed by atoms with Crippen molar-refractivity contribution in [3.63, 3.8) is 0 Å². The molecule has 0 spiro atoms. The van der Waals surface area contributed by atoms with E-state index in [1.54, 1.807) is 0 Å². The summed E-state index contributed by atoms with van der Waals surface area (Å²) in [4.78, 5) is 2.41. The molecule has 0 aromatic heterocycles. The monoisotopic (exact) mass is 210 g/mol. The summed E-state index contributed by atoms with van der Waals surface area (Å²) in [5.74, 6) is 0.505. The van der Waals surface area contributed by atoms with Gasteiger partial charge in [0.25, 0.3) is 0 Å². The Morgan fingerprint density at radius 2 is 2.00 bits per heavy atom. The van der Waals surface area contributed by atoms with Crippen LogP contribution < -0.4 is 0 Å². The van der Waals surface area contributed by atoms with Crippen LogP contribution in [-0.2, 0) is 0 Å². The number of piperidine rings is 1. The van der Waals surface area contributed by atoms with Crippen LogP contribution in [0.15, 0.2) is 0 Å². The van der Waals surface area contributed by atoms with Crippen molar-refractivity contribution in [1.82, 2.24) is 4.90 Å². The quantitative estimate of drug-likeness (QED) is 0.767. The molecular formula is C12H22N2O. The molecule has 86 valence electrons. The van der Waals surface area contributed by atoms with Gasteiger partial charge >= 0.3 is 0 Å². The van der Waals surface area contributed by atoms with Gasteiger partial charge in [0.15, 0.2) is 0 Å². The third kappa shape index (κ3) is 4.19. The number of hydrogen-bond donors (Lipinski definition) is 1. The Balaban J connectivity index is 2.22. The van der Waals surface area contributed by atoms with Crippen LogP contribution in [0.5, 0.6) is 0 Å². The third-order valence-corrected chi connectivity index (χ3v) is 3.32. The first-order valence-corrected chi connectivity index (χ1v) is 5.82. The van der Waals surface area contributed by atoms with Gasteiger partial charge in [0.1, 0.15) is 0 Å². The first-order chi connectivity index (χ1) is 7.07. The fourth-order valence-electron chi connectivity index (χ4n) is 1.89. The maximum atomic E-state index is 9.01. The van der Waals surface area contributed by atoms with E-state index in [9.17, 15) is 0 Å². The Bertz CT molecular complexity index is 224. The highest BCUT2D eigenvalue weighted by Gasteiger charge is 2.22. The summed E-state index contributed by atoms with van der Waals surface area (Å²) in [6.07, 6.45) is 3.14. The fraction of sp³-hybridized carbons (Fsp3) is 0.917. The van der Waals surface area contributed by atoms with Crippen LogP contribution in [0.2, 0.25) is 0 Å². The molecule has 0 saturated carbocycles. The molecule has 1 fully saturated rings. The van der Waals surface area contributed by atoms with Crippen LogP contribution in [0.4, 0.5) is 0 Å². The summed E-state index contributed by atoms with van der Waals surface area (Å²) in [6.45, 7) is 7.48. The number of aliphatic hydroxyl groups excluding tert-OH is 1. The minimum absolute atomic E-state index is 0.201. The highest BCUT2D eigenvalue weighted by Crippen LogP contribution is 2.22. The summed E-state index contributed by atoms with van der Waals surface area (Å²) >= 11 is 0. The predicted molar refractivity (Wildman–Crippen MR) is 60.3 cm³/mol. The molecule has 0 aromatic rings. The number of aliphatic hydroxyl groups is 1. The van der Waals surface area contributed by atoms with Gasteiger partial charge in [0, 0.05) is 6.61 Å². The van der Waals surface area contributed by atoms with E-state index in [4.69, 9.17) is 10.4 Å². The van der Waals surface area contributed by atoms with Gasteiger partial charge < -0.3 is 10.0 Å². The van der Waals surface area contributed by atoms with Gasteiger partial charge in [-0.2, -0.15) is 5.26 Å². The molecule has 0 amide bonds. The molecule has 15 heavy (non-hydrogen) atoms. The van der Waals surface area contributed by atoms with Gasteiger partial charge in [0.05, 0.1) is 11.5 Å². The predicted octanol–water partition coefficient (Wildman–Crippen LogP) is 1.63. The minimum Gasteiger partial charge on any atom is -0.396 e. The van der Waals surface area contributed by atoms with Crippen molar-refractivity contribution >= 4 is 0 Å². The molecule has 0 aromatic carbocycles. The first kappa shape index (κ1) is 12.5. The largest absolute Gasteiger partial charge is 0.396 e. The highest BCUT2D eigenvalue weighted by molar-refractivity contribution is 4.92. The summed E-state index contributed by atoms with van der Waals surface area (Å²) < 4.78 is 0. The van der Waals surface area contributed by atoms with Crippen LogP contribution in [0, 0.1) is 22.7 Å². The fourth-order valence-corrected chi connectivity index (χ4v) is 1.89. The van der Waals surface area contributed by atoms with Crippen molar-refractivity contribution in [3.8, 4) is 6.07 Å². The van der Waals surface area contributed by atoms with Crippen LogP contribution in [0.25, 0.3) is 0 Å². The van der Waals surface area contributed by atoms with Crippen molar-refractivity contribution in [3.05, 3.63) is 0 Å². The lowest BCUT2D eigenvalue weighted by Crippen LogP contribution is -2.36. The lowest BCUT2D eigenvalue weighted by Gasteiger charge is -2.32. The van der Waals surface area contributed by atoms with E-state index in [1.165, 1.54) is 0 Å². The van der Waals surface area contributed by atoms with E-state index in [1.807, 2.05) is 13.8 Å². The summed E-state index contributed by atoms with van der Waals surface area (Å²) in [5, 5.41) is 17.9. The smallest absolute Gasteiger partial charge is 0.0684 e. The molecule has 3 heteroatoms. The average Bonchev–Trinajstić information content (AvgIpc) is 2.27. The summed E-state index contributed by atoms with van der Waals surface area (Å²) in [6, 6.07) is 2.33. The highest BCUT2D eigenvalue weighted by atomic mass is 16.3.